The molecule has 0 fully saturated rings. The first kappa shape index (κ1) is 20.6. The lowest BCUT2D eigenvalue weighted by Gasteiger charge is -2.02. The normalized spacial score (nSPS) is 8.35. The molecule has 0 aliphatic carbocycles. The van der Waals surface area contributed by atoms with Crippen LogP contribution in [0.15, 0.2) is 36.4 Å². The van der Waals surface area contributed by atoms with Crippen LogP contribution < -0.4 is 10.6 Å². The van der Waals surface area contributed by atoms with Crippen LogP contribution in [-0.4, -0.2) is 44.0 Å². The molecule has 0 spiro atoms. The molecule has 0 unspecified atom stereocenters. The molecule has 0 aliphatic rings. The van der Waals surface area contributed by atoms with Crippen molar-refractivity contribution in [2.24, 2.45) is 0 Å². The standard InChI is InChI=1S/C8H16N2O2.C6H6.CH4O/c1-2-3-4-9-7-8(12)10-5-6-11;1-2-4-6-5-3-1;1-2/h6,9H,2-5,7H2,1H3,(H,10,12);1-6H;2H,1H3. The predicted octanol–water partition coefficient (Wildman–Crippen LogP) is 0.986. The molecule has 0 radical (unpaired) electrons. The molecule has 0 heterocycles. The second-order valence-electron chi connectivity index (χ2n) is 3.66. The maximum Gasteiger partial charge on any atom is 0.234 e. The zero-order valence-electron chi connectivity index (χ0n) is 12.3. The fourth-order valence-electron chi connectivity index (χ4n) is 1.11. The van der Waals surface area contributed by atoms with Gasteiger partial charge in [0, 0.05) is 7.11 Å². The van der Waals surface area contributed by atoms with Gasteiger partial charge in [0.15, 0.2) is 0 Å². The maximum atomic E-state index is 10.8. The molecule has 20 heavy (non-hydrogen) atoms. The van der Waals surface area contributed by atoms with Crippen LogP contribution in [0, 0.1) is 0 Å². The highest BCUT2D eigenvalue weighted by molar-refractivity contribution is 5.80. The number of hydrogen-bond donors (Lipinski definition) is 3. The van der Waals surface area contributed by atoms with E-state index in [1.54, 1.807) is 0 Å². The van der Waals surface area contributed by atoms with Crippen molar-refractivity contribution in [3.63, 3.8) is 0 Å². The minimum atomic E-state index is -0.127. The lowest BCUT2D eigenvalue weighted by molar-refractivity contribution is -0.121. The van der Waals surface area contributed by atoms with E-state index in [-0.39, 0.29) is 12.5 Å². The van der Waals surface area contributed by atoms with Crippen LogP contribution in [0.1, 0.15) is 19.8 Å². The van der Waals surface area contributed by atoms with Gasteiger partial charge in [-0.2, -0.15) is 0 Å². The van der Waals surface area contributed by atoms with E-state index in [2.05, 4.69) is 17.6 Å². The smallest absolute Gasteiger partial charge is 0.234 e. The first-order chi connectivity index (χ1) is 9.81. The van der Waals surface area contributed by atoms with Gasteiger partial charge in [0.2, 0.25) is 5.91 Å². The van der Waals surface area contributed by atoms with Crippen LogP contribution in [0.5, 0.6) is 0 Å². The summed E-state index contributed by atoms with van der Waals surface area (Å²) in [4.78, 5) is 20.7. The summed E-state index contributed by atoms with van der Waals surface area (Å²) in [5.74, 6) is -0.127. The Hall–Kier alpha value is -1.72. The first-order valence-electron chi connectivity index (χ1n) is 6.67. The van der Waals surface area contributed by atoms with Gasteiger partial charge in [-0.15, -0.1) is 0 Å². The second kappa shape index (κ2) is 19.6. The molecule has 1 aromatic carbocycles. The fraction of sp³-hybridized carbons (Fsp3) is 0.467. The highest BCUT2D eigenvalue weighted by Gasteiger charge is 1.96. The summed E-state index contributed by atoms with van der Waals surface area (Å²) >= 11 is 0. The number of amides is 1. The Morgan fingerprint density at radius 3 is 2.00 bits per heavy atom. The molecule has 1 aromatic rings. The summed E-state index contributed by atoms with van der Waals surface area (Å²) < 4.78 is 0. The predicted molar refractivity (Wildman–Crippen MR) is 81.4 cm³/mol. The second-order valence-corrected chi connectivity index (χ2v) is 3.66. The number of hydrogen-bond acceptors (Lipinski definition) is 4. The molecule has 1 amide bonds. The highest BCUT2D eigenvalue weighted by Crippen LogP contribution is 1.81. The van der Waals surface area contributed by atoms with Gasteiger partial charge >= 0.3 is 0 Å². The Kier molecular flexibility index (Phi) is 20.2. The quantitative estimate of drug-likeness (QED) is 0.515. The summed E-state index contributed by atoms with van der Waals surface area (Å²) in [5.41, 5.74) is 0. The third-order valence-corrected chi connectivity index (χ3v) is 2.04. The third kappa shape index (κ3) is 18.6. The number of aliphatic hydroxyl groups excluding tert-OH is 1. The van der Waals surface area contributed by atoms with Gasteiger partial charge in [-0.3, -0.25) is 4.79 Å². The molecule has 5 heteroatoms. The van der Waals surface area contributed by atoms with Crippen molar-refractivity contribution in [1.29, 1.82) is 0 Å². The highest BCUT2D eigenvalue weighted by atomic mass is 16.2. The van der Waals surface area contributed by atoms with Crippen molar-refractivity contribution in [2.75, 3.05) is 26.7 Å². The third-order valence-electron chi connectivity index (χ3n) is 2.04. The Morgan fingerprint density at radius 2 is 1.60 bits per heavy atom. The molecule has 0 saturated carbocycles. The number of unbranched alkanes of at least 4 members (excludes halogenated alkanes) is 1. The van der Waals surface area contributed by atoms with E-state index >= 15 is 0 Å². The van der Waals surface area contributed by atoms with Gasteiger partial charge in [0.05, 0.1) is 13.1 Å². The van der Waals surface area contributed by atoms with Gasteiger partial charge in [-0.25, -0.2) is 0 Å². The van der Waals surface area contributed by atoms with Gasteiger partial charge in [-0.05, 0) is 13.0 Å². The summed E-state index contributed by atoms with van der Waals surface area (Å²) in [5, 5.41) is 12.4. The number of aldehydes is 1. The number of nitrogens with one attached hydrogen (secondary N) is 2. The first-order valence-corrected chi connectivity index (χ1v) is 6.67. The number of rotatable bonds is 7. The molecule has 0 atom stereocenters. The van der Waals surface area contributed by atoms with Crippen molar-refractivity contribution < 1.29 is 14.7 Å². The lowest BCUT2D eigenvalue weighted by atomic mass is 10.3. The zero-order chi connectivity index (χ0) is 15.5. The minimum Gasteiger partial charge on any atom is -0.400 e. The number of carbonyl (C=O) groups excluding carboxylic acids is 2. The molecule has 5 nitrogen and oxygen atoms in total. The van der Waals surface area contributed by atoms with E-state index in [1.165, 1.54) is 0 Å². The topological polar surface area (TPSA) is 78.4 Å². The summed E-state index contributed by atoms with van der Waals surface area (Å²) in [6.45, 7) is 3.35. The molecule has 0 saturated heterocycles. The van der Waals surface area contributed by atoms with Crippen LogP contribution in [0.4, 0.5) is 0 Å². The summed E-state index contributed by atoms with van der Waals surface area (Å²) in [6, 6.07) is 12.0. The van der Waals surface area contributed by atoms with Crippen molar-refractivity contribution in [2.45, 2.75) is 19.8 Å². The molecule has 0 aromatic heterocycles. The Bertz CT molecular complexity index is 279. The van der Waals surface area contributed by atoms with Crippen LogP contribution in [-0.2, 0) is 9.59 Å². The van der Waals surface area contributed by atoms with Crippen molar-refractivity contribution in [3.05, 3.63) is 36.4 Å². The Balaban J connectivity index is 0. The minimum absolute atomic E-state index is 0.105. The maximum absolute atomic E-state index is 10.8. The zero-order valence-corrected chi connectivity index (χ0v) is 12.3. The van der Waals surface area contributed by atoms with E-state index in [0.717, 1.165) is 26.5 Å². The average molecular weight is 282 g/mol. The summed E-state index contributed by atoms with van der Waals surface area (Å²) in [7, 11) is 1.00. The van der Waals surface area contributed by atoms with Crippen molar-refractivity contribution in [3.8, 4) is 0 Å². The molecule has 0 aliphatic heterocycles. The number of aliphatic hydroxyl groups is 1. The molecule has 114 valence electrons. The van der Waals surface area contributed by atoms with E-state index in [9.17, 15) is 9.59 Å². The van der Waals surface area contributed by atoms with Gasteiger partial charge in [0.1, 0.15) is 6.29 Å². The van der Waals surface area contributed by atoms with Gasteiger partial charge in [0.25, 0.3) is 0 Å². The van der Waals surface area contributed by atoms with E-state index in [0.29, 0.717) is 12.8 Å². The Morgan fingerprint density at radius 1 is 1.10 bits per heavy atom. The van der Waals surface area contributed by atoms with E-state index in [4.69, 9.17) is 5.11 Å². The molecule has 3 N–H and O–H groups in total. The largest absolute Gasteiger partial charge is 0.400 e. The molecule has 1 rings (SSSR count). The van der Waals surface area contributed by atoms with Crippen LogP contribution in [0.3, 0.4) is 0 Å². The number of carbonyl (C=O) groups is 2. The van der Waals surface area contributed by atoms with Crippen LogP contribution in [0.2, 0.25) is 0 Å². The van der Waals surface area contributed by atoms with Crippen LogP contribution in [0.25, 0.3) is 0 Å². The SMILES string of the molecule is CCCCNCC(=O)NCC=O.CO.c1ccccc1. The lowest BCUT2D eigenvalue weighted by Crippen LogP contribution is -2.35. The number of benzene rings is 1. The van der Waals surface area contributed by atoms with E-state index in [1.807, 2.05) is 36.4 Å². The molecule has 0 bridgehead atoms. The molecular weight excluding hydrogens is 256 g/mol. The van der Waals surface area contributed by atoms with Crippen molar-refractivity contribution >= 4 is 12.2 Å². The summed E-state index contributed by atoms with van der Waals surface area (Å²) in [6.07, 6.45) is 2.86. The molecular formula is C15H26N2O3. The van der Waals surface area contributed by atoms with Crippen molar-refractivity contribution in [1.82, 2.24) is 10.6 Å². The monoisotopic (exact) mass is 282 g/mol. The average Bonchev–Trinajstić information content (AvgIpc) is 2.54. The Labute approximate surface area is 121 Å². The van der Waals surface area contributed by atoms with Crippen LogP contribution >= 0.6 is 0 Å². The van der Waals surface area contributed by atoms with Gasteiger partial charge in [-0.1, -0.05) is 49.7 Å². The van der Waals surface area contributed by atoms with E-state index < -0.39 is 0 Å². The fourth-order valence-corrected chi connectivity index (χ4v) is 1.11. The van der Waals surface area contributed by atoms with Gasteiger partial charge < -0.3 is 20.5 Å².